The van der Waals surface area contributed by atoms with E-state index in [-0.39, 0.29) is 36.9 Å². The number of allylic oxidation sites excluding steroid dienone is 1. The van der Waals surface area contributed by atoms with E-state index in [2.05, 4.69) is 26.8 Å². The molecule has 0 aliphatic carbocycles. The van der Waals surface area contributed by atoms with Gasteiger partial charge in [0.25, 0.3) is 5.91 Å². The number of nitrogens with zero attached hydrogens (tertiary/aromatic N) is 4. The quantitative estimate of drug-likeness (QED) is 0.0822. The number of hydrogen-bond acceptors (Lipinski definition) is 8. The van der Waals surface area contributed by atoms with Crippen molar-refractivity contribution >= 4 is 50.2 Å². The van der Waals surface area contributed by atoms with Crippen LogP contribution in [0, 0.1) is 11.6 Å². The summed E-state index contributed by atoms with van der Waals surface area (Å²) in [5.41, 5.74) is 4.39. The molecule has 0 spiro atoms. The molecule has 2 fully saturated rings. The first-order valence-electron chi connectivity index (χ1n) is 20.0. The predicted octanol–water partition coefficient (Wildman–Crippen LogP) is 6.27. The van der Waals surface area contributed by atoms with Gasteiger partial charge in [-0.05, 0) is 85.2 Å². The van der Waals surface area contributed by atoms with Crippen LogP contribution < -0.4 is 14.9 Å². The van der Waals surface area contributed by atoms with Gasteiger partial charge in [0, 0.05) is 85.7 Å². The number of carbonyl (C=O) groups excluding carboxylic acids is 3. The Morgan fingerprint density at radius 2 is 1.85 bits per heavy atom. The minimum atomic E-state index is -4.35. The Balaban J connectivity index is 0.836. The Morgan fingerprint density at radius 3 is 2.61 bits per heavy atom. The molecule has 0 bridgehead atoms. The van der Waals surface area contributed by atoms with Gasteiger partial charge in [-0.15, -0.1) is 0 Å². The van der Waals surface area contributed by atoms with E-state index in [1.165, 1.54) is 6.20 Å². The topological polar surface area (TPSA) is 157 Å². The monoisotopic (exact) mass is 855 g/mol. The Kier molecular flexibility index (Phi) is 11.7. The highest BCUT2D eigenvalue weighted by Gasteiger charge is 2.38. The number of ketones is 1. The fourth-order valence-corrected chi connectivity index (χ4v) is 9.25. The molecular weight excluding hydrogens is 812 g/mol. The molecule has 17 heteroatoms. The van der Waals surface area contributed by atoms with E-state index in [0.717, 1.165) is 51.7 Å². The van der Waals surface area contributed by atoms with Crippen molar-refractivity contribution in [3.8, 4) is 11.1 Å². The van der Waals surface area contributed by atoms with Crippen molar-refractivity contribution < 1.29 is 40.7 Å². The van der Waals surface area contributed by atoms with Crippen molar-refractivity contribution in [2.45, 2.75) is 50.9 Å². The lowest BCUT2D eigenvalue weighted by Gasteiger charge is -2.30. The minimum absolute atomic E-state index is 0.00131. The van der Waals surface area contributed by atoms with E-state index in [1.54, 1.807) is 17.2 Å². The molecule has 13 nitrogen and oxygen atoms in total. The first kappa shape index (κ1) is 41.7. The van der Waals surface area contributed by atoms with Gasteiger partial charge in [0.15, 0.2) is 5.82 Å². The number of fused-ring (bicyclic) bond motifs is 2. The van der Waals surface area contributed by atoms with Crippen LogP contribution in [0.1, 0.15) is 63.1 Å². The Hall–Kier alpha value is -6.04. The molecule has 0 saturated carbocycles. The van der Waals surface area contributed by atoms with Crippen LogP contribution in [0.5, 0.6) is 0 Å². The maximum Gasteiger partial charge on any atom is 0.301 e. The van der Waals surface area contributed by atoms with Crippen molar-refractivity contribution in [2.24, 2.45) is 0 Å². The zero-order chi connectivity index (χ0) is 43.0. The number of amides is 2. The average Bonchev–Trinajstić information content (AvgIpc) is 3.97. The number of ether oxygens (including phenoxy) is 1. The van der Waals surface area contributed by atoms with Crippen LogP contribution in [0.2, 0.25) is 0 Å². The van der Waals surface area contributed by atoms with Crippen molar-refractivity contribution in [1.29, 1.82) is 0 Å². The number of pyridine rings is 1. The third-order valence-corrected chi connectivity index (χ3v) is 12.9. The normalized spacial score (nSPS) is 18.2. The maximum absolute atomic E-state index is 15.7. The molecule has 0 radical (unpaired) electrons. The number of H-pyrrole nitrogens is 1. The lowest BCUT2D eigenvalue weighted by Crippen LogP contribution is -2.49. The second kappa shape index (κ2) is 17.1. The first-order valence-corrected chi connectivity index (χ1v) is 21.4. The average molecular weight is 856 g/mol. The van der Waals surface area contributed by atoms with Crippen LogP contribution in [0.15, 0.2) is 85.3 Å². The van der Waals surface area contributed by atoms with Crippen LogP contribution in [-0.4, -0.2) is 97.3 Å². The molecule has 318 valence electrons. The third kappa shape index (κ3) is 8.63. The fourth-order valence-electron chi connectivity index (χ4n) is 7.99. The summed E-state index contributed by atoms with van der Waals surface area (Å²) in [6.07, 6.45) is 4.34. The van der Waals surface area contributed by atoms with Gasteiger partial charge in [-0.25, -0.2) is 18.2 Å². The number of carbonyl (C=O) groups is 3. The Morgan fingerprint density at radius 1 is 1.05 bits per heavy atom. The number of aromatic amines is 1. The third-order valence-electron chi connectivity index (χ3n) is 11.4. The first-order chi connectivity index (χ1) is 29.3. The number of piperidine rings is 1. The van der Waals surface area contributed by atoms with E-state index in [1.807, 2.05) is 54.2 Å². The molecule has 2 saturated heterocycles. The molecule has 8 rings (SSSR count). The summed E-state index contributed by atoms with van der Waals surface area (Å²) in [5, 5.41) is 3.09. The number of halogens is 3. The highest BCUT2D eigenvalue weighted by molar-refractivity contribution is 7.90. The summed E-state index contributed by atoms with van der Waals surface area (Å²) < 4.78 is 78.7. The summed E-state index contributed by atoms with van der Waals surface area (Å²) in [7, 11) is -2.38. The van der Waals surface area contributed by atoms with Crippen LogP contribution in [0.3, 0.4) is 0 Å². The van der Waals surface area contributed by atoms with E-state index >= 15 is 8.78 Å². The molecule has 5 aromatic rings. The van der Waals surface area contributed by atoms with Crippen LogP contribution >= 0.6 is 0 Å². The summed E-state index contributed by atoms with van der Waals surface area (Å²) in [5.74, 6) is -3.89. The Bertz CT molecular complexity index is 2660. The van der Waals surface area contributed by atoms with Crippen LogP contribution in [0.4, 0.5) is 24.5 Å². The van der Waals surface area contributed by atoms with Crippen molar-refractivity contribution in [3.05, 3.63) is 125 Å². The minimum Gasteiger partial charge on any atom is -0.380 e. The van der Waals surface area contributed by atoms with Gasteiger partial charge < -0.3 is 24.8 Å². The van der Waals surface area contributed by atoms with Crippen LogP contribution in [-0.2, 0) is 32.7 Å². The molecule has 3 aliphatic heterocycles. The fraction of sp³-hybridized carbons (Fsp3) is 0.318. The molecule has 5 heterocycles. The largest absolute Gasteiger partial charge is 0.380 e. The number of benzene rings is 3. The number of hydrogen-bond donors (Lipinski definition) is 3. The highest BCUT2D eigenvalue weighted by Crippen LogP contribution is 2.33. The number of nitrogens with one attached hydrogen (secondary N) is 3. The smallest absolute Gasteiger partial charge is 0.301 e. The van der Waals surface area contributed by atoms with Gasteiger partial charge in [0.2, 0.25) is 11.7 Å². The number of alkyl halides is 1. The lowest BCUT2D eigenvalue weighted by atomic mass is 9.99. The van der Waals surface area contributed by atoms with Gasteiger partial charge in [0.05, 0.1) is 17.9 Å². The molecule has 2 atom stereocenters. The second-order valence-electron chi connectivity index (χ2n) is 15.5. The zero-order valence-corrected chi connectivity index (χ0v) is 34.2. The SMILES string of the molecule is C=C1CCC(N2Cc3cc(N(C)CCOCCCc4ccc(-c5cnc6[nH]cc(C(=O)c7c(F)ccc(NS(=O)(=O)N8CC[C@@H](F)C8)c7F)c6c5)cc4)ccc3C2=O)C(=O)N1. The number of aryl methyl sites for hydroxylation is 1. The van der Waals surface area contributed by atoms with Crippen molar-refractivity contribution in [3.63, 3.8) is 0 Å². The van der Waals surface area contributed by atoms with E-state index in [0.29, 0.717) is 67.0 Å². The van der Waals surface area contributed by atoms with Gasteiger partial charge in [-0.1, -0.05) is 30.8 Å². The van der Waals surface area contributed by atoms with E-state index in [9.17, 15) is 27.2 Å². The van der Waals surface area contributed by atoms with Crippen LogP contribution in [0.25, 0.3) is 22.2 Å². The summed E-state index contributed by atoms with van der Waals surface area (Å²) in [4.78, 5) is 50.3. The summed E-state index contributed by atoms with van der Waals surface area (Å²) in [6.45, 7) is 5.43. The lowest BCUT2D eigenvalue weighted by molar-refractivity contribution is -0.126. The standard InChI is InChI=1S/C44H44F3N7O6S/c1-26-5-14-38(43(56)50-26)54-24-30-20-32(10-11-33(30)44(54)57)52(2)17-19-60-18-3-4-27-6-8-28(9-7-27)29-21-34-35(23-49-42(34)48-22-29)41(55)39-36(46)12-13-37(40(39)47)51-61(58,59)53-16-15-31(45)25-53/h6-13,20-23,31,38,51H,1,3-5,14-19,24-25H2,2H3,(H,48,49)(H,50,56)/t31-,38?/m1/s1. The van der Waals surface area contributed by atoms with Crippen molar-refractivity contribution in [1.82, 2.24) is 24.5 Å². The number of likely N-dealkylation sites (N-methyl/N-ethyl adjacent to an activating group) is 1. The maximum atomic E-state index is 15.7. The second-order valence-corrected chi connectivity index (χ2v) is 17.2. The summed E-state index contributed by atoms with van der Waals surface area (Å²) >= 11 is 0. The number of aromatic nitrogens is 2. The van der Waals surface area contributed by atoms with Gasteiger partial charge in [-0.2, -0.15) is 12.7 Å². The number of anilines is 2. The van der Waals surface area contributed by atoms with E-state index < -0.39 is 51.1 Å². The molecule has 61 heavy (non-hydrogen) atoms. The van der Waals surface area contributed by atoms with E-state index in [4.69, 9.17) is 4.74 Å². The highest BCUT2D eigenvalue weighted by atomic mass is 32.2. The molecule has 2 amide bonds. The molecule has 3 N–H and O–H groups in total. The van der Waals surface area contributed by atoms with Crippen molar-refractivity contribution in [2.75, 3.05) is 49.5 Å². The molecule has 3 aromatic carbocycles. The number of rotatable bonds is 15. The van der Waals surface area contributed by atoms with Gasteiger partial charge in [0.1, 0.15) is 23.7 Å². The molecule has 2 aromatic heterocycles. The summed E-state index contributed by atoms with van der Waals surface area (Å²) in [6, 6.07) is 16.4. The zero-order valence-electron chi connectivity index (χ0n) is 33.3. The Labute approximate surface area is 350 Å². The van der Waals surface area contributed by atoms with Gasteiger partial charge >= 0.3 is 10.2 Å². The molecular formula is C44H44F3N7O6S. The van der Waals surface area contributed by atoms with Gasteiger partial charge in [-0.3, -0.25) is 19.1 Å². The molecule has 1 unspecified atom stereocenters. The predicted molar refractivity (Wildman–Crippen MR) is 224 cm³/mol. The molecule has 3 aliphatic rings.